The number of ether oxygens (including phenoxy) is 1. The molecule has 0 radical (unpaired) electrons. The van der Waals surface area contributed by atoms with Crippen LogP contribution in [0.1, 0.15) is 48.5 Å². The molecule has 0 aliphatic carbocycles. The third kappa shape index (κ3) is 4.93. The van der Waals surface area contributed by atoms with Crippen molar-refractivity contribution in [2.24, 2.45) is 0 Å². The minimum absolute atomic E-state index is 0.0212. The zero-order chi connectivity index (χ0) is 23.2. The van der Waals surface area contributed by atoms with Crippen molar-refractivity contribution in [1.82, 2.24) is 14.9 Å². The zero-order valence-corrected chi connectivity index (χ0v) is 19.2. The molecule has 2 aliphatic heterocycles. The molecular formula is C20H31BN4O6. The number of nitrogens with zero attached hydrogens (tertiary/aromatic N) is 4. The molecule has 2 saturated heterocycles. The molecule has 1 N–H and O–H groups in total. The summed E-state index contributed by atoms with van der Waals surface area (Å²) < 4.78 is 17.4. The van der Waals surface area contributed by atoms with Gasteiger partial charge in [0.05, 0.1) is 17.7 Å². The van der Waals surface area contributed by atoms with Crippen LogP contribution >= 0.6 is 0 Å². The number of hydrogen-bond acceptors (Lipinski definition) is 8. The summed E-state index contributed by atoms with van der Waals surface area (Å²) in [7, 11) is -0.599. The Kier molecular flexibility index (Phi) is 5.96. The van der Waals surface area contributed by atoms with E-state index in [1.807, 2.05) is 27.7 Å². The molecule has 1 amide bonds. The second kappa shape index (κ2) is 7.94. The summed E-state index contributed by atoms with van der Waals surface area (Å²) in [5.74, 6) is -0.789. The van der Waals surface area contributed by atoms with E-state index in [-0.39, 0.29) is 19.0 Å². The number of hydrogen-bond donors (Lipinski definition) is 1. The number of carbonyl (C=O) groups is 2. The Hall–Kier alpha value is -2.40. The highest BCUT2D eigenvalue weighted by molar-refractivity contribution is 6.61. The second-order valence-corrected chi connectivity index (χ2v) is 9.88. The monoisotopic (exact) mass is 434 g/mol. The van der Waals surface area contributed by atoms with E-state index >= 15 is 0 Å². The van der Waals surface area contributed by atoms with Gasteiger partial charge in [-0.25, -0.2) is 19.6 Å². The molecule has 10 nitrogen and oxygen atoms in total. The molecule has 0 unspecified atom stereocenters. The number of amides is 1. The summed E-state index contributed by atoms with van der Waals surface area (Å²) in [6.07, 6.45) is 2.64. The summed E-state index contributed by atoms with van der Waals surface area (Å²) in [5.41, 5.74) is -0.966. The predicted molar refractivity (Wildman–Crippen MR) is 114 cm³/mol. The van der Waals surface area contributed by atoms with Crippen molar-refractivity contribution in [3.05, 3.63) is 12.4 Å². The first-order valence-electron chi connectivity index (χ1n) is 10.4. The summed E-state index contributed by atoms with van der Waals surface area (Å²) in [6.45, 7) is 13.7. The topological polar surface area (TPSA) is 114 Å². The van der Waals surface area contributed by atoms with Crippen molar-refractivity contribution in [3.8, 4) is 0 Å². The van der Waals surface area contributed by atoms with E-state index in [4.69, 9.17) is 14.0 Å². The molecule has 0 spiro atoms. The van der Waals surface area contributed by atoms with E-state index in [0.717, 1.165) is 0 Å². The van der Waals surface area contributed by atoms with E-state index in [1.165, 1.54) is 4.90 Å². The Morgan fingerprint density at radius 1 is 1.13 bits per heavy atom. The summed E-state index contributed by atoms with van der Waals surface area (Å²) >= 11 is 0. The van der Waals surface area contributed by atoms with Gasteiger partial charge in [-0.1, -0.05) is 0 Å². The Balaban J connectivity index is 1.72. The van der Waals surface area contributed by atoms with E-state index in [9.17, 15) is 14.7 Å². The number of aliphatic carboxylic acids is 1. The van der Waals surface area contributed by atoms with Crippen LogP contribution in [0.3, 0.4) is 0 Å². The minimum atomic E-state index is -1.06. The molecule has 3 rings (SSSR count). The van der Waals surface area contributed by atoms with Crippen LogP contribution in [0, 0.1) is 0 Å². The third-order valence-corrected chi connectivity index (χ3v) is 5.76. The van der Waals surface area contributed by atoms with Gasteiger partial charge in [-0.05, 0) is 48.5 Å². The molecule has 0 aromatic carbocycles. The average Bonchev–Trinajstić information content (AvgIpc) is 2.87. The molecule has 1 atom stereocenters. The highest BCUT2D eigenvalue weighted by Gasteiger charge is 2.52. The quantitative estimate of drug-likeness (QED) is 0.703. The fourth-order valence-electron chi connectivity index (χ4n) is 3.31. The van der Waals surface area contributed by atoms with Crippen LogP contribution in [0.5, 0.6) is 0 Å². The number of aromatic nitrogens is 2. The van der Waals surface area contributed by atoms with Gasteiger partial charge in [0, 0.05) is 30.9 Å². The molecule has 3 heterocycles. The molecule has 1 aromatic rings. The van der Waals surface area contributed by atoms with Crippen LogP contribution in [-0.4, -0.2) is 81.6 Å². The van der Waals surface area contributed by atoms with Crippen molar-refractivity contribution >= 4 is 30.6 Å². The second-order valence-electron chi connectivity index (χ2n) is 9.88. The van der Waals surface area contributed by atoms with Gasteiger partial charge in [0.15, 0.2) is 0 Å². The number of carboxylic acids is 1. The molecule has 0 saturated carbocycles. The minimum Gasteiger partial charge on any atom is -0.480 e. The summed E-state index contributed by atoms with van der Waals surface area (Å²) in [5, 5.41) is 9.73. The molecule has 170 valence electrons. The lowest BCUT2D eigenvalue weighted by atomic mass is 9.81. The molecule has 2 fully saturated rings. The highest BCUT2D eigenvalue weighted by Crippen LogP contribution is 2.36. The van der Waals surface area contributed by atoms with Gasteiger partial charge in [-0.3, -0.25) is 0 Å². The van der Waals surface area contributed by atoms with Crippen molar-refractivity contribution < 1.29 is 28.7 Å². The molecule has 2 aliphatic rings. The van der Waals surface area contributed by atoms with Gasteiger partial charge in [0.25, 0.3) is 0 Å². The number of piperazine rings is 1. The van der Waals surface area contributed by atoms with Crippen molar-refractivity contribution in [3.63, 3.8) is 0 Å². The summed E-state index contributed by atoms with van der Waals surface area (Å²) in [6, 6.07) is -0.982. The van der Waals surface area contributed by atoms with Gasteiger partial charge >= 0.3 is 19.2 Å². The lowest BCUT2D eigenvalue weighted by Gasteiger charge is -2.39. The van der Waals surface area contributed by atoms with E-state index in [0.29, 0.717) is 12.0 Å². The van der Waals surface area contributed by atoms with Gasteiger partial charge in [-0.2, -0.15) is 0 Å². The van der Waals surface area contributed by atoms with Crippen LogP contribution in [0.25, 0.3) is 0 Å². The first kappa shape index (κ1) is 23.3. The van der Waals surface area contributed by atoms with Crippen molar-refractivity contribution in [1.29, 1.82) is 0 Å². The van der Waals surface area contributed by atoms with E-state index in [2.05, 4.69) is 9.97 Å². The lowest BCUT2D eigenvalue weighted by molar-refractivity contribution is -0.139. The Labute approximate surface area is 183 Å². The molecule has 11 heteroatoms. The van der Waals surface area contributed by atoms with Crippen LogP contribution < -0.4 is 10.4 Å². The average molecular weight is 434 g/mol. The maximum atomic E-state index is 12.4. The highest BCUT2D eigenvalue weighted by atomic mass is 16.7. The Morgan fingerprint density at radius 2 is 1.68 bits per heavy atom. The first-order chi connectivity index (χ1) is 14.2. The molecule has 0 bridgehead atoms. The number of carbonyl (C=O) groups excluding carboxylic acids is 1. The Bertz CT molecular complexity index is 823. The lowest BCUT2D eigenvalue weighted by Crippen LogP contribution is -2.59. The van der Waals surface area contributed by atoms with Crippen molar-refractivity contribution in [2.75, 3.05) is 24.5 Å². The smallest absolute Gasteiger partial charge is 0.480 e. The maximum absolute atomic E-state index is 12.4. The molecular weight excluding hydrogens is 403 g/mol. The maximum Gasteiger partial charge on any atom is 0.498 e. The van der Waals surface area contributed by atoms with Gasteiger partial charge in [-0.15, -0.1) is 0 Å². The van der Waals surface area contributed by atoms with E-state index < -0.39 is 42.0 Å². The van der Waals surface area contributed by atoms with Gasteiger partial charge in [0.1, 0.15) is 11.6 Å². The fourth-order valence-corrected chi connectivity index (χ4v) is 3.31. The predicted octanol–water partition coefficient (Wildman–Crippen LogP) is 1.29. The van der Waals surface area contributed by atoms with Crippen LogP contribution in [0.15, 0.2) is 12.4 Å². The first-order valence-corrected chi connectivity index (χ1v) is 10.4. The number of carboxylic acid groups (broad SMARTS) is 1. The standard InChI is InChI=1S/C20H31BN4O6/c1-18(2,3)29-17(28)24-8-9-25(14(12-24)15(26)27)16-22-10-13(11-23-16)21-30-19(4,5)20(6,7)31-21/h10-11,14H,8-9,12H2,1-7H3,(H,26,27)/t14-/m0/s1. The molecule has 1 aromatic heterocycles. The molecule has 31 heavy (non-hydrogen) atoms. The SMILES string of the molecule is CC(C)(C)OC(=O)N1CCN(c2ncc(B3OC(C)(C)C(C)(C)O3)cn2)[C@H](C(=O)O)C1. The normalized spacial score (nSPS) is 23.1. The third-order valence-electron chi connectivity index (χ3n) is 5.76. The summed E-state index contributed by atoms with van der Waals surface area (Å²) in [4.78, 5) is 36.0. The van der Waals surface area contributed by atoms with Crippen molar-refractivity contribution in [2.45, 2.75) is 71.3 Å². The van der Waals surface area contributed by atoms with E-state index in [1.54, 1.807) is 38.1 Å². The van der Waals surface area contributed by atoms with Crippen LogP contribution in [-0.2, 0) is 18.8 Å². The zero-order valence-electron chi connectivity index (χ0n) is 19.2. The Morgan fingerprint density at radius 3 is 2.16 bits per heavy atom. The number of rotatable bonds is 3. The number of anilines is 1. The van der Waals surface area contributed by atoms with Gasteiger partial charge in [0.2, 0.25) is 5.95 Å². The fraction of sp³-hybridized carbons (Fsp3) is 0.700. The van der Waals surface area contributed by atoms with Crippen LogP contribution in [0.4, 0.5) is 10.7 Å². The largest absolute Gasteiger partial charge is 0.498 e. The van der Waals surface area contributed by atoms with Gasteiger partial charge < -0.3 is 29.0 Å². The van der Waals surface area contributed by atoms with Crippen LogP contribution in [0.2, 0.25) is 0 Å².